The Bertz CT molecular complexity index is 147. The first-order valence-corrected chi connectivity index (χ1v) is 6.29. The minimum atomic E-state index is 0.130. The molecule has 0 aromatic rings. The van der Waals surface area contributed by atoms with E-state index in [0.717, 1.165) is 13.0 Å². The Hall–Kier alpha value is -0.120. The van der Waals surface area contributed by atoms with Crippen molar-refractivity contribution in [2.45, 2.75) is 57.6 Å². The standard InChI is InChI=1S/C12H25NO2/c1-2-3-4-5-6-7-11(13)12-10-14-8-9-15-12/h11-12H,2-10,13H2,1H3. The Balaban J connectivity index is 1.99. The number of rotatable bonds is 7. The monoisotopic (exact) mass is 215 g/mol. The Labute approximate surface area is 93.3 Å². The second-order valence-corrected chi connectivity index (χ2v) is 4.35. The predicted octanol–water partition coefficient (Wildman–Crippen LogP) is 2.09. The lowest BCUT2D eigenvalue weighted by Gasteiger charge is -2.27. The summed E-state index contributed by atoms with van der Waals surface area (Å²) < 4.78 is 10.9. The third-order valence-electron chi connectivity index (χ3n) is 2.96. The summed E-state index contributed by atoms with van der Waals surface area (Å²) in [4.78, 5) is 0. The topological polar surface area (TPSA) is 44.5 Å². The highest BCUT2D eigenvalue weighted by Crippen LogP contribution is 2.12. The van der Waals surface area contributed by atoms with Crippen LogP contribution in [0.1, 0.15) is 45.4 Å². The van der Waals surface area contributed by atoms with Crippen LogP contribution < -0.4 is 5.73 Å². The second kappa shape index (κ2) is 8.08. The molecule has 0 saturated carbocycles. The van der Waals surface area contributed by atoms with Crippen molar-refractivity contribution in [2.24, 2.45) is 5.73 Å². The molecule has 2 atom stereocenters. The van der Waals surface area contributed by atoms with Gasteiger partial charge in [0, 0.05) is 6.04 Å². The summed E-state index contributed by atoms with van der Waals surface area (Å²) in [5.41, 5.74) is 6.06. The number of unbranched alkanes of at least 4 members (excludes halogenated alkanes) is 4. The fraction of sp³-hybridized carbons (Fsp3) is 1.00. The molecule has 0 aromatic heterocycles. The van der Waals surface area contributed by atoms with Gasteiger partial charge in [0.05, 0.1) is 25.9 Å². The van der Waals surface area contributed by atoms with Gasteiger partial charge in [0.1, 0.15) is 0 Å². The van der Waals surface area contributed by atoms with Gasteiger partial charge in [-0.2, -0.15) is 0 Å². The quantitative estimate of drug-likeness (QED) is 0.661. The highest BCUT2D eigenvalue weighted by molar-refractivity contribution is 4.75. The first-order chi connectivity index (χ1) is 7.34. The van der Waals surface area contributed by atoms with Gasteiger partial charge in [0.15, 0.2) is 0 Å². The van der Waals surface area contributed by atoms with E-state index < -0.39 is 0 Å². The van der Waals surface area contributed by atoms with Crippen LogP contribution in [0.4, 0.5) is 0 Å². The van der Waals surface area contributed by atoms with Crippen LogP contribution in [0, 0.1) is 0 Å². The zero-order valence-electron chi connectivity index (χ0n) is 9.91. The molecule has 1 fully saturated rings. The van der Waals surface area contributed by atoms with Crippen molar-refractivity contribution in [3.8, 4) is 0 Å². The zero-order chi connectivity index (χ0) is 10.9. The molecule has 1 aliphatic rings. The van der Waals surface area contributed by atoms with Crippen LogP contribution in [-0.2, 0) is 9.47 Å². The molecule has 2 N–H and O–H groups in total. The number of nitrogens with two attached hydrogens (primary N) is 1. The third kappa shape index (κ3) is 5.50. The van der Waals surface area contributed by atoms with Crippen LogP contribution in [0.3, 0.4) is 0 Å². The summed E-state index contributed by atoms with van der Waals surface area (Å²) in [5.74, 6) is 0. The summed E-state index contributed by atoms with van der Waals surface area (Å²) in [6.07, 6.45) is 7.70. The molecule has 1 rings (SSSR count). The molecule has 90 valence electrons. The highest BCUT2D eigenvalue weighted by atomic mass is 16.6. The van der Waals surface area contributed by atoms with Crippen LogP contribution in [0.2, 0.25) is 0 Å². The van der Waals surface area contributed by atoms with E-state index in [9.17, 15) is 0 Å². The van der Waals surface area contributed by atoms with Crippen LogP contribution in [0.5, 0.6) is 0 Å². The van der Waals surface area contributed by atoms with E-state index in [-0.39, 0.29) is 12.1 Å². The lowest BCUT2D eigenvalue weighted by Crippen LogP contribution is -2.43. The molecule has 3 nitrogen and oxygen atoms in total. The molecular weight excluding hydrogens is 190 g/mol. The molecule has 0 radical (unpaired) electrons. The van der Waals surface area contributed by atoms with Crippen LogP contribution in [0.25, 0.3) is 0 Å². The minimum Gasteiger partial charge on any atom is -0.376 e. The van der Waals surface area contributed by atoms with Gasteiger partial charge in [0.25, 0.3) is 0 Å². The Morgan fingerprint density at radius 2 is 2.00 bits per heavy atom. The van der Waals surface area contributed by atoms with Crippen molar-refractivity contribution < 1.29 is 9.47 Å². The van der Waals surface area contributed by atoms with Crippen LogP contribution >= 0.6 is 0 Å². The number of hydrogen-bond donors (Lipinski definition) is 1. The van der Waals surface area contributed by atoms with E-state index in [1.54, 1.807) is 0 Å². The SMILES string of the molecule is CCCCCCCC(N)C1COCCO1. The fourth-order valence-electron chi connectivity index (χ4n) is 1.92. The summed E-state index contributed by atoms with van der Waals surface area (Å²) in [6.45, 7) is 4.34. The molecule has 0 aliphatic carbocycles. The van der Waals surface area contributed by atoms with E-state index in [0.29, 0.717) is 13.2 Å². The average molecular weight is 215 g/mol. The lowest BCUT2D eigenvalue weighted by molar-refractivity contribution is -0.0978. The molecule has 0 spiro atoms. The first-order valence-electron chi connectivity index (χ1n) is 6.29. The number of ether oxygens (including phenoxy) is 2. The van der Waals surface area contributed by atoms with E-state index in [1.165, 1.54) is 32.1 Å². The minimum absolute atomic E-state index is 0.130. The maximum absolute atomic E-state index is 6.06. The summed E-state index contributed by atoms with van der Waals surface area (Å²) in [5, 5.41) is 0. The molecule has 2 unspecified atom stereocenters. The largest absolute Gasteiger partial charge is 0.376 e. The molecule has 0 amide bonds. The normalized spacial score (nSPS) is 24.0. The number of hydrogen-bond acceptors (Lipinski definition) is 3. The van der Waals surface area contributed by atoms with E-state index in [2.05, 4.69) is 6.92 Å². The van der Waals surface area contributed by atoms with Gasteiger partial charge < -0.3 is 15.2 Å². The first kappa shape index (κ1) is 12.9. The molecular formula is C12H25NO2. The fourth-order valence-corrected chi connectivity index (χ4v) is 1.92. The van der Waals surface area contributed by atoms with Crippen molar-refractivity contribution >= 4 is 0 Å². The Kier molecular flexibility index (Phi) is 6.98. The van der Waals surface area contributed by atoms with Crippen molar-refractivity contribution in [3.63, 3.8) is 0 Å². The van der Waals surface area contributed by atoms with Crippen molar-refractivity contribution in [1.29, 1.82) is 0 Å². The maximum atomic E-state index is 6.06. The summed E-state index contributed by atoms with van der Waals surface area (Å²) in [6, 6.07) is 0.159. The highest BCUT2D eigenvalue weighted by Gasteiger charge is 2.21. The van der Waals surface area contributed by atoms with Gasteiger partial charge in [-0.15, -0.1) is 0 Å². The maximum Gasteiger partial charge on any atom is 0.0959 e. The smallest absolute Gasteiger partial charge is 0.0959 e. The molecule has 1 heterocycles. The van der Waals surface area contributed by atoms with Crippen LogP contribution in [-0.4, -0.2) is 32.0 Å². The Morgan fingerprint density at radius 3 is 2.67 bits per heavy atom. The summed E-state index contributed by atoms with van der Waals surface area (Å²) in [7, 11) is 0. The molecule has 15 heavy (non-hydrogen) atoms. The molecule has 0 aromatic carbocycles. The van der Waals surface area contributed by atoms with Crippen LogP contribution in [0.15, 0.2) is 0 Å². The second-order valence-electron chi connectivity index (χ2n) is 4.35. The van der Waals surface area contributed by atoms with Gasteiger partial charge in [-0.05, 0) is 6.42 Å². The molecule has 1 saturated heterocycles. The predicted molar refractivity (Wildman–Crippen MR) is 61.9 cm³/mol. The average Bonchev–Trinajstić information content (AvgIpc) is 2.30. The van der Waals surface area contributed by atoms with Gasteiger partial charge in [0.2, 0.25) is 0 Å². The molecule has 3 heteroatoms. The van der Waals surface area contributed by atoms with Gasteiger partial charge in [-0.25, -0.2) is 0 Å². The third-order valence-corrected chi connectivity index (χ3v) is 2.96. The summed E-state index contributed by atoms with van der Waals surface area (Å²) >= 11 is 0. The van der Waals surface area contributed by atoms with E-state index in [1.807, 2.05) is 0 Å². The molecule has 0 bridgehead atoms. The molecule has 1 aliphatic heterocycles. The van der Waals surface area contributed by atoms with Gasteiger partial charge in [-0.1, -0.05) is 39.0 Å². The van der Waals surface area contributed by atoms with Gasteiger partial charge in [-0.3, -0.25) is 0 Å². The van der Waals surface area contributed by atoms with Gasteiger partial charge >= 0.3 is 0 Å². The van der Waals surface area contributed by atoms with Crippen molar-refractivity contribution in [2.75, 3.05) is 19.8 Å². The van der Waals surface area contributed by atoms with E-state index >= 15 is 0 Å². The Morgan fingerprint density at radius 1 is 1.20 bits per heavy atom. The van der Waals surface area contributed by atoms with Crippen molar-refractivity contribution in [1.82, 2.24) is 0 Å². The van der Waals surface area contributed by atoms with E-state index in [4.69, 9.17) is 15.2 Å². The van der Waals surface area contributed by atoms with Crippen molar-refractivity contribution in [3.05, 3.63) is 0 Å². The lowest BCUT2D eigenvalue weighted by atomic mass is 10.0. The zero-order valence-corrected chi connectivity index (χ0v) is 9.91.